The summed E-state index contributed by atoms with van der Waals surface area (Å²) in [7, 11) is 0. The number of hydrogen-bond acceptors (Lipinski definition) is 5. The number of nitrogens with zero attached hydrogens (tertiary/aromatic N) is 3. The lowest BCUT2D eigenvalue weighted by molar-refractivity contribution is -0.169. The molecule has 0 aliphatic carbocycles. The number of piperidine rings is 1. The third kappa shape index (κ3) is 2.99. The number of ether oxygens (including phenoxy) is 2. The van der Waals surface area contributed by atoms with E-state index in [0.29, 0.717) is 19.0 Å². The van der Waals surface area contributed by atoms with Gasteiger partial charge in [0.1, 0.15) is 17.5 Å². The van der Waals surface area contributed by atoms with E-state index in [-0.39, 0.29) is 5.82 Å². The Morgan fingerprint density at radius 1 is 1.04 bits per heavy atom. The number of hydrogen-bond donors (Lipinski definition) is 0. The zero-order valence-electron chi connectivity index (χ0n) is 13.7. The van der Waals surface area contributed by atoms with Crippen LogP contribution in [0, 0.1) is 12.7 Å². The highest BCUT2D eigenvalue weighted by molar-refractivity contribution is 5.63. The van der Waals surface area contributed by atoms with Crippen molar-refractivity contribution in [2.45, 2.75) is 25.6 Å². The summed E-state index contributed by atoms with van der Waals surface area (Å²) in [5.41, 5.74) is 1.70. The number of aromatic nitrogens is 2. The van der Waals surface area contributed by atoms with Gasteiger partial charge in [0.2, 0.25) is 0 Å². The summed E-state index contributed by atoms with van der Waals surface area (Å²) in [6.45, 7) is 4.91. The molecule has 2 saturated heterocycles. The Hall–Kier alpha value is -2.05. The second kappa shape index (κ2) is 6.11. The van der Waals surface area contributed by atoms with E-state index in [2.05, 4.69) is 14.9 Å². The van der Waals surface area contributed by atoms with E-state index < -0.39 is 5.79 Å². The molecule has 5 nitrogen and oxygen atoms in total. The fourth-order valence-electron chi connectivity index (χ4n) is 3.34. The summed E-state index contributed by atoms with van der Waals surface area (Å²) < 4.78 is 24.7. The van der Waals surface area contributed by atoms with Gasteiger partial charge in [0.25, 0.3) is 0 Å². The minimum atomic E-state index is -0.391. The lowest BCUT2D eigenvalue weighted by atomic mass is 10.0. The average Bonchev–Trinajstić information content (AvgIpc) is 3.04. The summed E-state index contributed by atoms with van der Waals surface area (Å²) in [4.78, 5) is 11.3. The molecular formula is C18H20FN3O2. The molecule has 0 N–H and O–H groups in total. The molecule has 126 valence electrons. The quantitative estimate of drug-likeness (QED) is 0.848. The van der Waals surface area contributed by atoms with Gasteiger partial charge in [0, 0.05) is 37.6 Å². The minimum absolute atomic E-state index is 0.248. The largest absolute Gasteiger partial charge is 0.356 e. The monoisotopic (exact) mass is 329 g/mol. The van der Waals surface area contributed by atoms with Crippen molar-refractivity contribution in [1.29, 1.82) is 0 Å². The van der Waals surface area contributed by atoms with Crippen LogP contribution in [0.1, 0.15) is 18.7 Å². The maximum Gasteiger partial charge on any atom is 0.171 e. The van der Waals surface area contributed by atoms with Crippen molar-refractivity contribution in [2.75, 3.05) is 31.2 Å². The van der Waals surface area contributed by atoms with Crippen LogP contribution in [-0.2, 0) is 9.47 Å². The first kappa shape index (κ1) is 15.5. The number of anilines is 1. The molecule has 0 bridgehead atoms. The topological polar surface area (TPSA) is 47.5 Å². The standard InChI is InChI=1S/C18H20FN3O2/c1-13-20-16(14-2-4-15(19)5-3-14)12-17(21-13)22-8-6-18(7-9-22)23-10-11-24-18/h2-5,12H,6-11H2,1H3. The molecule has 1 aromatic carbocycles. The first-order valence-electron chi connectivity index (χ1n) is 8.28. The second-order valence-corrected chi connectivity index (χ2v) is 6.26. The molecular weight excluding hydrogens is 309 g/mol. The van der Waals surface area contributed by atoms with Gasteiger partial charge in [-0.1, -0.05) is 0 Å². The highest BCUT2D eigenvalue weighted by Gasteiger charge is 2.40. The third-order valence-electron chi connectivity index (χ3n) is 4.63. The van der Waals surface area contributed by atoms with Gasteiger partial charge in [-0.2, -0.15) is 0 Å². The number of aryl methyl sites for hydroxylation is 1. The number of rotatable bonds is 2. The number of benzene rings is 1. The van der Waals surface area contributed by atoms with Crippen molar-refractivity contribution >= 4 is 5.82 Å². The van der Waals surface area contributed by atoms with Crippen LogP contribution in [0.2, 0.25) is 0 Å². The summed E-state index contributed by atoms with van der Waals surface area (Å²) in [6, 6.07) is 8.35. The molecule has 1 aromatic heterocycles. The van der Waals surface area contributed by atoms with Gasteiger partial charge in [0.15, 0.2) is 5.79 Å². The van der Waals surface area contributed by atoms with Crippen LogP contribution >= 0.6 is 0 Å². The van der Waals surface area contributed by atoms with E-state index in [0.717, 1.165) is 43.0 Å². The van der Waals surface area contributed by atoms with Crippen molar-refractivity contribution in [3.05, 3.63) is 42.0 Å². The number of halogens is 1. The third-order valence-corrected chi connectivity index (χ3v) is 4.63. The Kier molecular flexibility index (Phi) is 3.94. The van der Waals surface area contributed by atoms with Crippen molar-refractivity contribution in [2.24, 2.45) is 0 Å². The van der Waals surface area contributed by atoms with Crippen LogP contribution in [0.15, 0.2) is 30.3 Å². The first-order chi connectivity index (χ1) is 11.6. The van der Waals surface area contributed by atoms with E-state index in [1.165, 1.54) is 12.1 Å². The zero-order chi connectivity index (χ0) is 16.6. The molecule has 6 heteroatoms. The minimum Gasteiger partial charge on any atom is -0.356 e. The Morgan fingerprint density at radius 2 is 1.71 bits per heavy atom. The van der Waals surface area contributed by atoms with E-state index in [4.69, 9.17) is 9.47 Å². The summed E-state index contributed by atoms with van der Waals surface area (Å²) in [5, 5.41) is 0. The molecule has 4 rings (SSSR count). The lowest BCUT2D eigenvalue weighted by Crippen LogP contribution is -2.45. The Bertz CT molecular complexity index is 720. The predicted octanol–water partition coefficient (Wildman–Crippen LogP) is 2.93. The summed E-state index contributed by atoms with van der Waals surface area (Å²) >= 11 is 0. The first-order valence-corrected chi connectivity index (χ1v) is 8.28. The smallest absolute Gasteiger partial charge is 0.171 e. The van der Waals surface area contributed by atoms with Crippen LogP contribution < -0.4 is 4.90 Å². The molecule has 0 saturated carbocycles. The fourth-order valence-corrected chi connectivity index (χ4v) is 3.34. The van der Waals surface area contributed by atoms with Gasteiger partial charge in [-0.25, -0.2) is 14.4 Å². The predicted molar refractivity (Wildman–Crippen MR) is 88.2 cm³/mol. The molecule has 0 amide bonds. The summed E-state index contributed by atoms with van der Waals surface area (Å²) in [5.74, 6) is 0.969. The van der Waals surface area contributed by atoms with Crippen LogP contribution in [0.25, 0.3) is 11.3 Å². The Morgan fingerprint density at radius 3 is 2.38 bits per heavy atom. The fraction of sp³-hybridized carbons (Fsp3) is 0.444. The van der Waals surface area contributed by atoms with Crippen LogP contribution in [0.3, 0.4) is 0 Å². The van der Waals surface area contributed by atoms with Crippen molar-refractivity contribution < 1.29 is 13.9 Å². The van der Waals surface area contributed by atoms with E-state index >= 15 is 0 Å². The van der Waals surface area contributed by atoms with Crippen molar-refractivity contribution in [1.82, 2.24) is 9.97 Å². The SMILES string of the molecule is Cc1nc(-c2ccc(F)cc2)cc(N2CCC3(CC2)OCCO3)n1. The molecule has 1 spiro atoms. The molecule has 0 radical (unpaired) electrons. The van der Waals surface area contributed by atoms with Gasteiger partial charge in [-0.05, 0) is 31.2 Å². The highest BCUT2D eigenvalue weighted by Crippen LogP contribution is 2.33. The van der Waals surface area contributed by atoms with Gasteiger partial charge in [0.05, 0.1) is 18.9 Å². The van der Waals surface area contributed by atoms with Gasteiger partial charge in [-0.3, -0.25) is 0 Å². The molecule has 2 aromatic rings. The van der Waals surface area contributed by atoms with Crippen molar-refractivity contribution in [3.63, 3.8) is 0 Å². The molecule has 3 heterocycles. The molecule has 0 atom stereocenters. The molecule has 2 fully saturated rings. The van der Waals surface area contributed by atoms with Crippen molar-refractivity contribution in [3.8, 4) is 11.3 Å². The van der Waals surface area contributed by atoms with Gasteiger partial charge < -0.3 is 14.4 Å². The van der Waals surface area contributed by atoms with Crippen LogP contribution in [-0.4, -0.2) is 42.1 Å². The molecule has 24 heavy (non-hydrogen) atoms. The Labute approximate surface area is 140 Å². The maximum absolute atomic E-state index is 13.1. The van der Waals surface area contributed by atoms with E-state index in [9.17, 15) is 4.39 Å². The lowest BCUT2D eigenvalue weighted by Gasteiger charge is -2.38. The van der Waals surface area contributed by atoms with E-state index in [1.807, 2.05) is 13.0 Å². The van der Waals surface area contributed by atoms with E-state index in [1.54, 1.807) is 12.1 Å². The molecule has 0 unspecified atom stereocenters. The van der Waals surface area contributed by atoms with Crippen LogP contribution in [0.4, 0.5) is 10.2 Å². The van der Waals surface area contributed by atoms with Gasteiger partial charge >= 0.3 is 0 Å². The maximum atomic E-state index is 13.1. The Balaban J connectivity index is 1.56. The summed E-state index contributed by atoms with van der Waals surface area (Å²) in [6.07, 6.45) is 1.67. The zero-order valence-corrected chi connectivity index (χ0v) is 13.7. The molecule has 2 aliphatic rings. The van der Waals surface area contributed by atoms with Gasteiger partial charge in [-0.15, -0.1) is 0 Å². The normalized spacial score (nSPS) is 19.8. The second-order valence-electron chi connectivity index (χ2n) is 6.26. The average molecular weight is 329 g/mol. The molecule has 2 aliphatic heterocycles. The highest BCUT2D eigenvalue weighted by atomic mass is 19.1. The van der Waals surface area contributed by atoms with Crippen LogP contribution in [0.5, 0.6) is 0 Å².